The third-order valence-electron chi connectivity index (χ3n) is 6.03. The fourth-order valence-corrected chi connectivity index (χ4v) is 9.05. The van der Waals surface area contributed by atoms with Crippen molar-refractivity contribution in [1.29, 1.82) is 0 Å². The third-order valence-corrected chi connectivity index (χ3v) is 11.0. The van der Waals surface area contributed by atoms with Crippen LogP contribution in [0, 0.1) is 0 Å². The fourth-order valence-electron chi connectivity index (χ4n) is 4.48. The predicted molar refractivity (Wildman–Crippen MR) is 126 cm³/mol. The van der Waals surface area contributed by atoms with Crippen LogP contribution in [0.25, 0.3) is 0 Å². The van der Waals surface area contributed by atoms with E-state index in [1.165, 1.54) is 0 Å². The lowest BCUT2D eigenvalue weighted by molar-refractivity contribution is -0.291. The molecule has 6 nitrogen and oxygen atoms in total. The van der Waals surface area contributed by atoms with Crippen molar-refractivity contribution in [2.45, 2.75) is 63.3 Å². The van der Waals surface area contributed by atoms with Gasteiger partial charge in [-0.05, 0) is 22.3 Å². The first-order valence-corrected chi connectivity index (χ1v) is 13.1. The first-order valence-electron chi connectivity index (χ1n) is 11.2. The number of ether oxygens (including phenoxy) is 2. The lowest BCUT2D eigenvalue weighted by Crippen LogP contribution is -2.68. The Kier molecular flexibility index (Phi) is 7.75. The monoisotopic (exact) mass is 476 g/mol. The van der Waals surface area contributed by atoms with E-state index in [9.17, 15) is 15.0 Å². The molecule has 0 radical (unpaired) electrons. The quantitative estimate of drug-likeness (QED) is 0.471. The van der Waals surface area contributed by atoms with E-state index in [2.05, 4.69) is 20.8 Å². The van der Waals surface area contributed by atoms with E-state index in [1.807, 2.05) is 60.7 Å². The van der Waals surface area contributed by atoms with Gasteiger partial charge in [-0.15, -0.1) is 0 Å². The smallest absolute Gasteiger partial charge is 0.366 e. The van der Waals surface area contributed by atoms with Crippen molar-refractivity contribution < 1.29 is 33.3 Å². The zero-order valence-electron chi connectivity index (χ0n) is 19.5. The van der Waals surface area contributed by atoms with E-state index >= 15 is 4.39 Å². The van der Waals surface area contributed by atoms with Crippen LogP contribution >= 0.6 is 0 Å². The summed E-state index contributed by atoms with van der Waals surface area (Å²) in [7, 11) is -3.00. The molecule has 3 rings (SSSR count). The number of rotatable bonds is 7. The molecule has 2 aromatic carbocycles. The standard InChI is InChI=1S/C25H33FO6Si/c1-5-30-23(28)25(29)16-20(27)22(26)21(32-25)17-31-33(24(2,3)4,18-12-8-6-9-13-18)19-14-10-7-11-15-19/h6-15,20-22,27,29H,5,16-17H2,1-4H3/t20-,21-,22+,25-/m0/s1. The molecule has 0 amide bonds. The molecule has 2 aromatic rings. The Morgan fingerprint density at radius 3 is 2.09 bits per heavy atom. The highest BCUT2D eigenvalue weighted by Crippen LogP contribution is 2.38. The lowest BCUT2D eigenvalue weighted by atomic mass is 9.97. The molecule has 0 saturated carbocycles. The summed E-state index contributed by atoms with van der Waals surface area (Å²) in [6.45, 7) is 7.59. The highest BCUT2D eigenvalue weighted by atomic mass is 28.4. The van der Waals surface area contributed by atoms with E-state index in [0.717, 1.165) is 10.4 Å². The second-order valence-electron chi connectivity index (χ2n) is 9.35. The molecule has 8 heteroatoms. The molecule has 0 aromatic heterocycles. The molecule has 1 aliphatic heterocycles. The number of carbonyl (C=O) groups excluding carboxylic acids is 1. The predicted octanol–water partition coefficient (Wildman–Crippen LogP) is 2.30. The van der Waals surface area contributed by atoms with Crippen molar-refractivity contribution in [1.82, 2.24) is 0 Å². The molecule has 1 fully saturated rings. The minimum absolute atomic E-state index is 0.0167. The number of hydrogen-bond acceptors (Lipinski definition) is 6. The van der Waals surface area contributed by atoms with Gasteiger partial charge in [-0.25, -0.2) is 9.18 Å². The fraction of sp³-hybridized carbons (Fsp3) is 0.480. The first kappa shape index (κ1) is 25.5. The van der Waals surface area contributed by atoms with Crippen molar-refractivity contribution in [3.05, 3.63) is 60.7 Å². The van der Waals surface area contributed by atoms with E-state index in [0.29, 0.717) is 0 Å². The number of aliphatic hydroxyl groups excluding tert-OH is 1. The van der Waals surface area contributed by atoms with Crippen molar-refractivity contribution >= 4 is 24.7 Å². The van der Waals surface area contributed by atoms with E-state index in [1.54, 1.807) is 6.92 Å². The van der Waals surface area contributed by atoms with Gasteiger partial charge in [0.15, 0.2) is 6.17 Å². The number of hydrogen-bond donors (Lipinski definition) is 2. The van der Waals surface area contributed by atoms with Crippen LogP contribution in [-0.4, -0.2) is 61.9 Å². The van der Waals surface area contributed by atoms with Gasteiger partial charge in [0.25, 0.3) is 14.1 Å². The molecule has 1 saturated heterocycles. The van der Waals surface area contributed by atoms with Crippen LogP contribution in [0.2, 0.25) is 5.04 Å². The minimum atomic E-state index is -3.00. The average molecular weight is 477 g/mol. The maximum absolute atomic E-state index is 15.0. The van der Waals surface area contributed by atoms with Crippen molar-refractivity contribution in [3.8, 4) is 0 Å². The molecular weight excluding hydrogens is 443 g/mol. The third kappa shape index (κ3) is 5.05. The van der Waals surface area contributed by atoms with Gasteiger partial charge in [0.05, 0.1) is 19.3 Å². The van der Waals surface area contributed by atoms with Gasteiger partial charge in [0.1, 0.15) is 6.10 Å². The average Bonchev–Trinajstić information content (AvgIpc) is 2.78. The summed E-state index contributed by atoms with van der Waals surface area (Å²) in [6.07, 6.45) is -5.40. The van der Waals surface area contributed by atoms with Crippen molar-refractivity contribution in [2.75, 3.05) is 13.2 Å². The van der Waals surface area contributed by atoms with Crippen LogP contribution in [0.3, 0.4) is 0 Å². The topological polar surface area (TPSA) is 85.2 Å². The van der Waals surface area contributed by atoms with Gasteiger partial charge in [0.2, 0.25) is 0 Å². The molecule has 0 aliphatic carbocycles. The summed E-state index contributed by atoms with van der Waals surface area (Å²) >= 11 is 0. The van der Waals surface area contributed by atoms with Crippen molar-refractivity contribution in [3.63, 3.8) is 0 Å². The van der Waals surface area contributed by atoms with Gasteiger partial charge in [-0.2, -0.15) is 0 Å². The lowest BCUT2D eigenvalue weighted by Gasteiger charge is -2.45. The molecule has 0 unspecified atom stereocenters. The maximum Gasteiger partial charge on any atom is 0.366 e. The van der Waals surface area contributed by atoms with Gasteiger partial charge >= 0.3 is 5.97 Å². The molecule has 2 N–H and O–H groups in total. The van der Waals surface area contributed by atoms with Gasteiger partial charge in [-0.3, -0.25) is 0 Å². The Balaban J connectivity index is 1.99. The highest BCUT2D eigenvalue weighted by molar-refractivity contribution is 6.99. The van der Waals surface area contributed by atoms with Crippen molar-refractivity contribution in [2.24, 2.45) is 0 Å². The molecule has 1 aliphatic rings. The number of carbonyl (C=O) groups is 1. The Labute approximate surface area is 195 Å². The van der Waals surface area contributed by atoms with Crippen LogP contribution in [0.4, 0.5) is 4.39 Å². The highest BCUT2D eigenvalue weighted by Gasteiger charge is 2.55. The zero-order valence-corrected chi connectivity index (χ0v) is 20.5. The second kappa shape index (κ2) is 10.0. The normalized spacial score (nSPS) is 26.1. The molecule has 33 heavy (non-hydrogen) atoms. The second-order valence-corrected chi connectivity index (χ2v) is 13.7. The number of halogens is 1. The van der Waals surface area contributed by atoms with Crippen LogP contribution < -0.4 is 10.4 Å². The molecule has 0 bridgehead atoms. The zero-order chi connectivity index (χ0) is 24.3. The summed E-state index contributed by atoms with van der Waals surface area (Å²) < 4.78 is 32.0. The van der Waals surface area contributed by atoms with Gasteiger partial charge < -0.3 is 24.1 Å². The number of benzene rings is 2. The van der Waals surface area contributed by atoms with Crippen LogP contribution in [0.15, 0.2) is 60.7 Å². The van der Waals surface area contributed by atoms with Gasteiger partial charge in [0, 0.05) is 6.42 Å². The number of alkyl halides is 1. The number of aliphatic hydroxyl groups is 2. The van der Waals surface area contributed by atoms with Gasteiger partial charge in [-0.1, -0.05) is 81.4 Å². The van der Waals surface area contributed by atoms with E-state index < -0.39 is 44.9 Å². The summed E-state index contributed by atoms with van der Waals surface area (Å²) in [5, 5.41) is 22.6. The summed E-state index contributed by atoms with van der Waals surface area (Å²) in [6, 6.07) is 19.6. The minimum Gasteiger partial charge on any atom is -0.462 e. The van der Waals surface area contributed by atoms with E-state index in [4.69, 9.17) is 13.9 Å². The van der Waals surface area contributed by atoms with E-state index in [-0.39, 0.29) is 18.3 Å². The summed E-state index contributed by atoms with van der Waals surface area (Å²) in [5.41, 5.74) is 0. The Morgan fingerprint density at radius 1 is 1.12 bits per heavy atom. The first-order chi connectivity index (χ1) is 15.5. The molecule has 0 spiro atoms. The van der Waals surface area contributed by atoms with Crippen LogP contribution in [0.5, 0.6) is 0 Å². The largest absolute Gasteiger partial charge is 0.462 e. The maximum atomic E-state index is 15.0. The Hall–Kier alpha value is -2.10. The summed E-state index contributed by atoms with van der Waals surface area (Å²) in [5.74, 6) is -3.48. The number of esters is 1. The SMILES string of the molecule is CCOC(=O)[C@]1(O)C[C@H](O)[C@@H](F)[C@H](CO[Si](c2ccccc2)(c2ccccc2)C(C)(C)C)O1. The Morgan fingerprint density at radius 2 is 1.64 bits per heavy atom. The molecule has 1 heterocycles. The van der Waals surface area contributed by atoms with Crippen LogP contribution in [0.1, 0.15) is 34.1 Å². The Bertz CT molecular complexity index is 880. The molecule has 4 atom stereocenters. The molecule has 180 valence electrons. The van der Waals surface area contributed by atoms with Crippen LogP contribution in [-0.2, 0) is 18.7 Å². The molecular formula is C25H33FO6Si. The summed E-state index contributed by atoms with van der Waals surface area (Å²) in [4.78, 5) is 12.3.